The molecule has 3 rings (SSSR count). The minimum Gasteiger partial charge on any atom is -0.467 e. The summed E-state index contributed by atoms with van der Waals surface area (Å²) in [5, 5.41) is 0. The van der Waals surface area contributed by atoms with E-state index in [1.807, 2.05) is 36.4 Å². The molecule has 150 valence electrons. The quantitative estimate of drug-likeness (QED) is 0.381. The molecule has 1 aliphatic carbocycles. The van der Waals surface area contributed by atoms with Gasteiger partial charge in [0, 0.05) is 7.11 Å². The van der Waals surface area contributed by atoms with Crippen LogP contribution in [0.5, 0.6) is 5.75 Å². The van der Waals surface area contributed by atoms with E-state index in [0.717, 1.165) is 43.4 Å². The zero-order chi connectivity index (χ0) is 19.8. The molecule has 0 N–H and O–H groups in total. The Balaban J connectivity index is 1.66. The van der Waals surface area contributed by atoms with Crippen molar-refractivity contribution < 1.29 is 23.7 Å². The van der Waals surface area contributed by atoms with Gasteiger partial charge >= 0.3 is 5.97 Å². The van der Waals surface area contributed by atoms with Crippen LogP contribution < -0.4 is 4.74 Å². The van der Waals surface area contributed by atoms with Gasteiger partial charge in [-0.15, -0.1) is 0 Å². The van der Waals surface area contributed by atoms with Gasteiger partial charge in [0.05, 0.1) is 25.4 Å². The summed E-state index contributed by atoms with van der Waals surface area (Å²) in [7, 11) is 3.02. The highest BCUT2D eigenvalue weighted by atomic mass is 16.7. The van der Waals surface area contributed by atoms with Crippen molar-refractivity contribution in [3.63, 3.8) is 0 Å². The minimum absolute atomic E-state index is 0.0521. The fourth-order valence-electron chi connectivity index (χ4n) is 3.64. The highest BCUT2D eigenvalue weighted by Gasteiger charge is 2.21. The lowest BCUT2D eigenvalue weighted by atomic mass is 9.98. The van der Waals surface area contributed by atoms with E-state index in [1.165, 1.54) is 18.2 Å². The van der Waals surface area contributed by atoms with Gasteiger partial charge in [-0.2, -0.15) is 0 Å². The number of carbonyl (C=O) groups is 1. The van der Waals surface area contributed by atoms with Crippen molar-refractivity contribution in [1.29, 1.82) is 0 Å². The second-order valence-electron chi connectivity index (χ2n) is 6.92. The normalized spacial score (nSPS) is 16.1. The number of rotatable bonds is 8. The number of aryl methyl sites for hydroxylation is 1. The van der Waals surface area contributed by atoms with Crippen molar-refractivity contribution in [2.75, 3.05) is 27.6 Å². The molecule has 1 unspecified atom stereocenters. The molecule has 1 aliphatic rings. The summed E-state index contributed by atoms with van der Waals surface area (Å²) in [6, 6.07) is 13.8. The first kappa shape index (κ1) is 20.4. The third-order valence-electron chi connectivity index (χ3n) is 5.07. The van der Waals surface area contributed by atoms with Gasteiger partial charge in [0.2, 0.25) is 0 Å². The molecular formula is C23H28O5. The standard InChI is InChI=1S/C23H28O5/c1-25-16-28-21-9-5-3-7-17(21)13-14-27-22-10-6-4-8-18-15-19(23(24)26-2)11-12-20(18)22/h3,5,7,9,11-12,15,22H,4,6,8,10,13-14,16H2,1-2H3. The topological polar surface area (TPSA) is 54.0 Å². The van der Waals surface area contributed by atoms with Crippen molar-refractivity contribution in [2.24, 2.45) is 0 Å². The second-order valence-corrected chi connectivity index (χ2v) is 6.92. The van der Waals surface area contributed by atoms with Gasteiger partial charge in [-0.05, 0) is 60.6 Å². The number of para-hydroxylation sites is 1. The Labute approximate surface area is 166 Å². The van der Waals surface area contributed by atoms with Crippen molar-refractivity contribution in [1.82, 2.24) is 0 Å². The molecule has 28 heavy (non-hydrogen) atoms. The summed E-state index contributed by atoms with van der Waals surface area (Å²) in [4.78, 5) is 11.8. The van der Waals surface area contributed by atoms with Gasteiger partial charge in [-0.1, -0.05) is 30.7 Å². The summed E-state index contributed by atoms with van der Waals surface area (Å²) < 4.78 is 21.8. The van der Waals surface area contributed by atoms with E-state index in [1.54, 1.807) is 7.11 Å². The molecule has 5 heteroatoms. The monoisotopic (exact) mass is 384 g/mol. The summed E-state index contributed by atoms with van der Waals surface area (Å²) in [6.07, 6.45) is 4.99. The maximum absolute atomic E-state index is 11.8. The van der Waals surface area contributed by atoms with Crippen LogP contribution in [0.2, 0.25) is 0 Å². The minimum atomic E-state index is -0.294. The van der Waals surface area contributed by atoms with Crippen LogP contribution in [0, 0.1) is 0 Å². The number of esters is 1. The number of carbonyl (C=O) groups excluding carboxylic acids is 1. The average Bonchev–Trinajstić information content (AvgIpc) is 2.94. The molecule has 0 bridgehead atoms. The number of fused-ring (bicyclic) bond motifs is 1. The Kier molecular flexibility index (Phi) is 7.46. The van der Waals surface area contributed by atoms with Crippen LogP contribution >= 0.6 is 0 Å². The van der Waals surface area contributed by atoms with E-state index < -0.39 is 0 Å². The zero-order valence-electron chi connectivity index (χ0n) is 16.6. The van der Waals surface area contributed by atoms with E-state index in [9.17, 15) is 4.79 Å². The van der Waals surface area contributed by atoms with Gasteiger partial charge in [-0.25, -0.2) is 4.79 Å². The maximum atomic E-state index is 11.8. The maximum Gasteiger partial charge on any atom is 0.337 e. The number of benzene rings is 2. The summed E-state index contributed by atoms with van der Waals surface area (Å²) in [5.41, 5.74) is 4.09. The van der Waals surface area contributed by atoms with E-state index in [-0.39, 0.29) is 18.9 Å². The number of methoxy groups -OCH3 is 2. The molecule has 0 amide bonds. The van der Waals surface area contributed by atoms with Gasteiger partial charge in [0.25, 0.3) is 0 Å². The van der Waals surface area contributed by atoms with Gasteiger partial charge in [-0.3, -0.25) is 0 Å². The molecule has 2 aromatic rings. The van der Waals surface area contributed by atoms with Crippen LogP contribution in [-0.2, 0) is 27.1 Å². The Morgan fingerprint density at radius 3 is 2.79 bits per heavy atom. The fourth-order valence-corrected chi connectivity index (χ4v) is 3.64. The molecule has 2 aromatic carbocycles. The van der Waals surface area contributed by atoms with Crippen molar-refractivity contribution in [3.05, 3.63) is 64.7 Å². The molecule has 0 saturated carbocycles. The first-order chi connectivity index (χ1) is 13.7. The second kappa shape index (κ2) is 10.2. The van der Waals surface area contributed by atoms with Crippen LogP contribution in [0.1, 0.15) is 52.4 Å². The molecule has 0 fully saturated rings. The zero-order valence-corrected chi connectivity index (χ0v) is 16.6. The fraction of sp³-hybridized carbons (Fsp3) is 0.435. The Bertz CT molecular complexity index is 786. The highest BCUT2D eigenvalue weighted by Crippen LogP contribution is 2.32. The van der Waals surface area contributed by atoms with Crippen LogP contribution in [0.3, 0.4) is 0 Å². The Morgan fingerprint density at radius 1 is 1.11 bits per heavy atom. The van der Waals surface area contributed by atoms with Crippen molar-refractivity contribution in [3.8, 4) is 5.75 Å². The van der Waals surface area contributed by atoms with Crippen LogP contribution in [0.25, 0.3) is 0 Å². The highest BCUT2D eigenvalue weighted by molar-refractivity contribution is 5.89. The third-order valence-corrected chi connectivity index (χ3v) is 5.07. The third kappa shape index (κ3) is 5.12. The number of hydrogen-bond donors (Lipinski definition) is 0. The van der Waals surface area contributed by atoms with Gasteiger partial charge < -0.3 is 18.9 Å². The molecular weight excluding hydrogens is 356 g/mol. The Hall–Kier alpha value is -2.37. The number of ether oxygens (including phenoxy) is 4. The van der Waals surface area contributed by atoms with E-state index in [2.05, 4.69) is 6.07 Å². The van der Waals surface area contributed by atoms with Crippen LogP contribution in [0.15, 0.2) is 42.5 Å². The molecule has 1 atom stereocenters. The predicted molar refractivity (Wildman–Crippen MR) is 107 cm³/mol. The van der Waals surface area contributed by atoms with Crippen molar-refractivity contribution in [2.45, 2.75) is 38.2 Å². The molecule has 0 aromatic heterocycles. The molecule has 0 aliphatic heterocycles. The smallest absolute Gasteiger partial charge is 0.337 e. The van der Waals surface area contributed by atoms with Crippen molar-refractivity contribution >= 4 is 5.97 Å². The largest absolute Gasteiger partial charge is 0.467 e. The first-order valence-electron chi connectivity index (χ1n) is 9.75. The SMILES string of the molecule is COCOc1ccccc1CCOC1CCCCc2cc(C(=O)OC)ccc21. The van der Waals surface area contributed by atoms with E-state index in [4.69, 9.17) is 18.9 Å². The molecule has 0 spiro atoms. The molecule has 0 saturated heterocycles. The van der Waals surface area contributed by atoms with Gasteiger partial charge in [0.1, 0.15) is 5.75 Å². The molecule has 0 radical (unpaired) electrons. The number of hydrogen-bond acceptors (Lipinski definition) is 5. The van der Waals surface area contributed by atoms with Crippen LogP contribution in [0.4, 0.5) is 0 Å². The summed E-state index contributed by atoms with van der Waals surface area (Å²) in [6.45, 7) is 0.840. The summed E-state index contributed by atoms with van der Waals surface area (Å²) >= 11 is 0. The first-order valence-corrected chi connectivity index (χ1v) is 9.75. The van der Waals surface area contributed by atoms with Crippen LogP contribution in [-0.4, -0.2) is 33.6 Å². The lowest BCUT2D eigenvalue weighted by Gasteiger charge is -2.19. The lowest BCUT2D eigenvalue weighted by molar-refractivity contribution is 0.0429. The summed E-state index contributed by atoms with van der Waals surface area (Å²) in [5.74, 6) is 0.536. The predicted octanol–water partition coefficient (Wildman–Crippen LogP) is 4.48. The molecule has 5 nitrogen and oxygen atoms in total. The van der Waals surface area contributed by atoms with E-state index >= 15 is 0 Å². The lowest BCUT2D eigenvalue weighted by Crippen LogP contribution is -2.10. The average molecular weight is 384 g/mol. The van der Waals surface area contributed by atoms with Gasteiger partial charge in [0.15, 0.2) is 6.79 Å². The molecule has 0 heterocycles. The Morgan fingerprint density at radius 2 is 1.96 bits per heavy atom. The van der Waals surface area contributed by atoms with E-state index in [0.29, 0.717) is 12.2 Å².